The molecule has 4 nitrogen and oxygen atoms in total. The van der Waals surface area contributed by atoms with E-state index in [2.05, 4.69) is 5.32 Å². The van der Waals surface area contributed by atoms with Crippen LogP contribution in [0.2, 0.25) is 0 Å². The zero-order valence-corrected chi connectivity index (χ0v) is 8.94. The van der Waals surface area contributed by atoms with Crippen molar-refractivity contribution >= 4 is 5.97 Å². The Hall–Kier alpha value is -0.0300. The van der Waals surface area contributed by atoms with Gasteiger partial charge in [0.2, 0.25) is 0 Å². The normalized spacial score (nSPS) is 16.9. The van der Waals surface area contributed by atoms with E-state index in [1.54, 1.807) is 0 Å². The van der Waals surface area contributed by atoms with Crippen molar-refractivity contribution in [2.45, 2.75) is 6.42 Å². The molecule has 1 rings (SSSR count). The van der Waals surface area contributed by atoms with Crippen LogP contribution in [0.5, 0.6) is 0 Å². The van der Waals surface area contributed by atoms with Gasteiger partial charge in [0, 0.05) is 0 Å². The third-order valence-electron chi connectivity index (χ3n) is 2.10. The third-order valence-corrected chi connectivity index (χ3v) is 2.10. The van der Waals surface area contributed by atoms with Crippen LogP contribution in [-0.2, 0) is 4.79 Å². The van der Waals surface area contributed by atoms with Crippen LogP contribution in [0.3, 0.4) is 0 Å². The molecule has 0 aromatic carbocycles. The second kappa shape index (κ2) is 8.56. The second-order valence-electron chi connectivity index (χ2n) is 3.01. The molecule has 80 valence electrons. The summed E-state index contributed by atoms with van der Waals surface area (Å²) in [6, 6.07) is 0. The minimum absolute atomic E-state index is 0. The lowest BCUT2D eigenvalue weighted by atomic mass is 10.3. The summed E-state index contributed by atoms with van der Waals surface area (Å²) in [5.74, 6) is -0.674. The lowest BCUT2D eigenvalue weighted by molar-refractivity contribution is -0.946. The summed E-state index contributed by atoms with van der Waals surface area (Å²) in [5.41, 5.74) is 0. The highest BCUT2D eigenvalue weighted by molar-refractivity contribution is 5.66. The van der Waals surface area contributed by atoms with E-state index < -0.39 is 5.97 Å². The molecule has 1 heterocycles. The molecular formula is C7H16Cl2N2O2. The summed E-state index contributed by atoms with van der Waals surface area (Å²) in [4.78, 5) is 11.7. The number of carboxylic acid groups (broad SMARTS) is 1. The smallest absolute Gasteiger partial charge is 0.309 e. The van der Waals surface area contributed by atoms with Crippen molar-refractivity contribution < 1.29 is 44.9 Å². The van der Waals surface area contributed by atoms with Crippen LogP contribution >= 0.6 is 0 Å². The zero-order chi connectivity index (χ0) is 8.10. The number of hydrogen-bond donors (Lipinski definition) is 3. The fourth-order valence-corrected chi connectivity index (χ4v) is 1.42. The molecule has 0 unspecified atom stereocenters. The molecule has 0 bridgehead atoms. The van der Waals surface area contributed by atoms with Crippen molar-refractivity contribution in [3.05, 3.63) is 0 Å². The van der Waals surface area contributed by atoms with Gasteiger partial charge in [-0.1, -0.05) is 0 Å². The summed E-state index contributed by atoms with van der Waals surface area (Å²) < 4.78 is 0. The Balaban J connectivity index is 0. The predicted octanol–water partition coefficient (Wildman–Crippen LogP) is -9.07. The number of halogens is 2. The van der Waals surface area contributed by atoms with Crippen LogP contribution < -0.4 is 35.0 Å². The average molecular weight is 231 g/mol. The highest BCUT2D eigenvalue weighted by Gasteiger charge is 2.15. The molecular weight excluding hydrogens is 215 g/mol. The maximum atomic E-state index is 10.2. The highest BCUT2D eigenvalue weighted by Crippen LogP contribution is 1.70. The van der Waals surface area contributed by atoms with Crippen molar-refractivity contribution in [1.82, 2.24) is 0 Å². The number of piperazine rings is 1. The van der Waals surface area contributed by atoms with Crippen LogP contribution in [0.15, 0.2) is 0 Å². The maximum absolute atomic E-state index is 10.2. The molecule has 13 heavy (non-hydrogen) atoms. The van der Waals surface area contributed by atoms with E-state index in [1.165, 1.54) is 4.90 Å². The Bertz CT molecular complexity index is 140. The molecule has 0 radical (unpaired) electrons. The Labute approximate surface area is 90.5 Å². The summed E-state index contributed by atoms with van der Waals surface area (Å²) >= 11 is 0. The number of nitrogens with two attached hydrogens (primary N) is 1. The number of nitrogens with one attached hydrogen (secondary N) is 1. The highest BCUT2D eigenvalue weighted by atomic mass is 35.5. The van der Waals surface area contributed by atoms with Gasteiger partial charge in [-0.3, -0.25) is 4.79 Å². The van der Waals surface area contributed by atoms with E-state index >= 15 is 0 Å². The molecule has 1 saturated heterocycles. The molecule has 4 N–H and O–H groups in total. The standard InChI is InChI=1S/C7H14N2O2.2ClH/c10-7(11)1-4-9-5-2-8-3-6-9;;/h8H,1-6H2,(H,10,11);2*1H. The van der Waals surface area contributed by atoms with Crippen LogP contribution in [0, 0.1) is 0 Å². The fourth-order valence-electron chi connectivity index (χ4n) is 1.42. The Kier molecular flexibility index (Phi) is 10.2. The van der Waals surface area contributed by atoms with Crippen LogP contribution in [0.1, 0.15) is 6.42 Å². The lowest BCUT2D eigenvalue weighted by Gasteiger charge is -2.21. The number of aliphatic carboxylic acids is 1. The van der Waals surface area contributed by atoms with Gasteiger partial charge in [0.15, 0.2) is 0 Å². The van der Waals surface area contributed by atoms with Crippen LogP contribution in [0.25, 0.3) is 0 Å². The topological polar surface area (TPSA) is 58.3 Å². The van der Waals surface area contributed by atoms with Gasteiger partial charge in [-0.15, -0.1) is 0 Å². The Morgan fingerprint density at radius 2 is 1.85 bits per heavy atom. The fraction of sp³-hybridized carbons (Fsp3) is 0.857. The molecule has 0 spiro atoms. The molecule has 1 aliphatic rings. The minimum atomic E-state index is -0.674. The van der Waals surface area contributed by atoms with E-state index in [0.717, 1.165) is 32.7 Å². The number of hydrogen-bond acceptors (Lipinski definition) is 1. The van der Waals surface area contributed by atoms with E-state index in [4.69, 9.17) is 5.11 Å². The summed E-state index contributed by atoms with van der Waals surface area (Å²) in [7, 11) is 0. The monoisotopic (exact) mass is 230 g/mol. The van der Waals surface area contributed by atoms with Gasteiger partial charge >= 0.3 is 5.97 Å². The molecule has 0 aromatic heterocycles. The summed E-state index contributed by atoms with van der Waals surface area (Å²) in [6.45, 7) is 5.33. The SMILES string of the molecule is O=C(O)CC[NH+]1CC[NH2+]CC1.[Cl-].[Cl-]. The largest absolute Gasteiger partial charge is 1.00 e. The molecule has 0 aromatic rings. The summed E-state index contributed by atoms with van der Waals surface area (Å²) in [5, 5.41) is 10.7. The first-order valence-electron chi connectivity index (χ1n) is 4.16. The third kappa shape index (κ3) is 7.07. The zero-order valence-electron chi connectivity index (χ0n) is 7.43. The number of carboxylic acids is 1. The van der Waals surface area contributed by atoms with Crippen molar-refractivity contribution in [3.8, 4) is 0 Å². The molecule has 0 aliphatic carbocycles. The van der Waals surface area contributed by atoms with Crippen LogP contribution in [-0.4, -0.2) is 43.8 Å². The quantitative estimate of drug-likeness (QED) is 0.452. The summed E-state index contributed by atoms with van der Waals surface area (Å²) in [6.07, 6.45) is 0.315. The van der Waals surface area contributed by atoms with Crippen molar-refractivity contribution in [1.29, 1.82) is 0 Å². The molecule has 1 aliphatic heterocycles. The average Bonchev–Trinajstić information content (AvgIpc) is 2.03. The number of carbonyl (C=O) groups is 1. The first-order valence-corrected chi connectivity index (χ1v) is 4.16. The van der Waals surface area contributed by atoms with E-state index in [0.29, 0.717) is 6.42 Å². The molecule has 0 saturated carbocycles. The second-order valence-corrected chi connectivity index (χ2v) is 3.01. The van der Waals surface area contributed by atoms with Gasteiger partial charge in [-0.25, -0.2) is 0 Å². The number of quaternary nitrogens is 2. The number of rotatable bonds is 3. The van der Waals surface area contributed by atoms with Crippen molar-refractivity contribution in [2.24, 2.45) is 0 Å². The Morgan fingerprint density at radius 1 is 1.31 bits per heavy atom. The molecule has 6 heteroatoms. The van der Waals surface area contributed by atoms with Gasteiger partial charge < -0.3 is 40.1 Å². The van der Waals surface area contributed by atoms with Crippen molar-refractivity contribution in [3.63, 3.8) is 0 Å². The van der Waals surface area contributed by atoms with E-state index in [-0.39, 0.29) is 24.8 Å². The first kappa shape index (κ1) is 15.4. The maximum Gasteiger partial charge on any atom is 0.309 e. The van der Waals surface area contributed by atoms with Crippen molar-refractivity contribution in [2.75, 3.05) is 32.7 Å². The Morgan fingerprint density at radius 3 is 2.31 bits per heavy atom. The van der Waals surface area contributed by atoms with E-state index in [9.17, 15) is 4.79 Å². The minimum Gasteiger partial charge on any atom is -1.00 e. The first-order chi connectivity index (χ1) is 5.29. The van der Waals surface area contributed by atoms with Gasteiger partial charge in [-0.05, 0) is 0 Å². The van der Waals surface area contributed by atoms with Gasteiger partial charge in [0.05, 0.1) is 13.0 Å². The molecule has 0 amide bonds. The lowest BCUT2D eigenvalue weighted by Crippen LogP contribution is -3.20. The van der Waals surface area contributed by atoms with Crippen LogP contribution in [0.4, 0.5) is 0 Å². The van der Waals surface area contributed by atoms with E-state index in [1.807, 2.05) is 0 Å². The molecule has 1 fully saturated rings. The van der Waals surface area contributed by atoms with Gasteiger partial charge in [0.25, 0.3) is 0 Å². The predicted molar refractivity (Wildman–Crippen MR) is 39.5 cm³/mol. The van der Waals surface area contributed by atoms with Gasteiger partial charge in [-0.2, -0.15) is 0 Å². The van der Waals surface area contributed by atoms with Gasteiger partial charge in [0.1, 0.15) is 26.2 Å². The molecule has 0 atom stereocenters.